The minimum absolute atomic E-state index is 0.831. The van der Waals surface area contributed by atoms with Gasteiger partial charge in [0.05, 0.1) is 11.7 Å². The highest BCUT2D eigenvalue weighted by molar-refractivity contribution is 5.74. The first-order valence-corrected chi connectivity index (χ1v) is 2.88. The van der Waals surface area contributed by atoms with Crippen LogP contribution in [0.1, 0.15) is 0 Å². The molecule has 47 valence electrons. The number of fused-ring (bicyclic) bond motifs is 1. The first kappa shape index (κ1) is 5.29. The summed E-state index contributed by atoms with van der Waals surface area (Å²) in [5.41, 5.74) is 0.831. The van der Waals surface area contributed by atoms with Crippen molar-refractivity contribution in [2.75, 3.05) is 0 Å². The highest BCUT2D eigenvalue weighted by Gasteiger charge is 1.89. The summed E-state index contributed by atoms with van der Waals surface area (Å²) in [6.07, 6.45) is 6.50. The lowest BCUT2D eigenvalue weighted by Crippen LogP contribution is -1.80. The molecule has 0 saturated heterocycles. The molecule has 0 spiro atoms. The maximum atomic E-state index is 3.98. The molecule has 0 amide bonds. The Bertz CT molecular complexity index is 280. The lowest BCUT2D eigenvalue weighted by molar-refractivity contribution is 1.20. The number of hydrogen-bond acceptors (Lipinski definition) is 3. The molecule has 0 atom stereocenters. The van der Waals surface area contributed by atoms with E-state index in [0.29, 0.717) is 0 Å². The molecule has 0 N–H and O–H groups in total. The van der Waals surface area contributed by atoms with Crippen LogP contribution in [0.2, 0.25) is 0 Å². The molecule has 0 aliphatic rings. The molecule has 3 nitrogen and oxygen atoms in total. The van der Waals surface area contributed by atoms with Crippen molar-refractivity contribution in [3.05, 3.63) is 31.0 Å². The van der Waals surface area contributed by atoms with Gasteiger partial charge in [-0.3, -0.25) is 4.98 Å². The topological polar surface area (TPSA) is 38.7 Å². The standard InChI is InChI=1S/C7H4N3/c1-2-8-4-7-6(1)3-9-5-10-7/h2-5H. The lowest BCUT2D eigenvalue weighted by Gasteiger charge is -1.89. The molecule has 0 aliphatic heterocycles. The molecule has 2 heterocycles. The zero-order valence-corrected chi connectivity index (χ0v) is 5.15. The van der Waals surface area contributed by atoms with Crippen molar-refractivity contribution < 1.29 is 0 Å². The molecule has 10 heavy (non-hydrogen) atoms. The number of aromatic nitrogens is 3. The van der Waals surface area contributed by atoms with Crippen LogP contribution >= 0.6 is 0 Å². The van der Waals surface area contributed by atoms with Gasteiger partial charge in [0.25, 0.3) is 0 Å². The van der Waals surface area contributed by atoms with Gasteiger partial charge in [-0.05, 0) is 0 Å². The Balaban J connectivity index is 2.89. The summed E-state index contributed by atoms with van der Waals surface area (Å²) in [4.78, 5) is 11.7. The average Bonchev–Trinajstić information content (AvgIpc) is 2.05. The van der Waals surface area contributed by atoms with Crippen LogP contribution in [0.25, 0.3) is 10.9 Å². The van der Waals surface area contributed by atoms with Crippen LogP contribution in [-0.4, -0.2) is 15.0 Å². The van der Waals surface area contributed by atoms with Crippen molar-refractivity contribution in [2.24, 2.45) is 0 Å². The first-order valence-electron chi connectivity index (χ1n) is 2.88. The largest absolute Gasteiger partial charge is 0.262 e. The Morgan fingerprint density at radius 2 is 2.20 bits per heavy atom. The Morgan fingerprint density at radius 3 is 3.10 bits per heavy atom. The van der Waals surface area contributed by atoms with E-state index in [1.807, 2.05) is 0 Å². The smallest absolute Gasteiger partial charge is 0.116 e. The first-order chi connectivity index (χ1) is 4.97. The fraction of sp³-hybridized carbons (Fsp3) is 0. The van der Waals surface area contributed by atoms with E-state index >= 15 is 0 Å². The Morgan fingerprint density at radius 1 is 1.20 bits per heavy atom. The van der Waals surface area contributed by atoms with E-state index in [4.69, 9.17) is 0 Å². The van der Waals surface area contributed by atoms with E-state index in [-0.39, 0.29) is 0 Å². The lowest BCUT2D eigenvalue weighted by atomic mass is 10.3. The number of nitrogens with zero attached hydrogens (tertiary/aromatic N) is 3. The van der Waals surface area contributed by atoms with Crippen LogP contribution in [0, 0.1) is 6.07 Å². The van der Waals surface area contributed by atoms with Crippen LogP contribution in [0.5, 0.6) is 0 Å². The van der Waals surface area contributed by atoms with Gasteiger partial charge < -0.3 is 0 Å². The molecule has 0 saturated carbocycles. The van der Waals surface area contributed by atoms with Crippen LogP contribution in [0.15, 0.2) is 24.9 Å². The predicted octanol–water partition coefficient (Wildman–Crippen LogP) is 0.825. The molecular weight excluding hydrogens is 126 g/mol. The summed E-state index contributed by atoms with van der Waals surface area (Å²) in [7, 11) is 0. The summed E-state index contributed by atoms with van der Waals surface area (Å²) in [5, 5.41) is 0.900. The zero-order valence-electron chi connectivity index (χ0n) is 5.15. The summed E-state index contributed by atoms with van der Waals surface area (Å²) in [6.45, 7) is 0. The van der Waals surface area contributed by atoms with Crippen molar-refractivity contribution in [3.63, 3.8) is 0 Å². The quantitative estimate of drug-likeness (QED) is 0.530. The molecule has 0 aromatic carbocycles. The molecular formula is C7H4N3. The van der Waals surface area contributed by atoms with Gasteiger partial charge >= 0.3 is 0 Å². The maximum Gasteiger partial charge on any atom is 0.116 e. The van der Waals surface area contributed by atoms with E-state index in [1.54, 1.807) is 18.6 Å². The predicted molar refractivity (Wildman–Crippen MR) is 36.2 cm³/mol. The highest BCUT2D eigenvalue weighted by Crippen LogP contribution is 2.03. The molecule has 0 aliphatic carbocycles. The summed E-state index contributed by atoms with van der Waals surface area (Å²) < 4.78 is 0. The molecule has 0 unspecified atom stereocenters. The van der Waals surface area contributed by atoms with E-state index in [0.717, 1.165) is 10.9 Å². The van der Waals surface area contributed by atoms with E-state index < -0.39 is 0 Å². The molecule has 0 bridgehead atoms. The van der Waals surface area contributed by atoms with Gasteiger partial charge in [-0.2, -0.15) is 0 Å². The van der Waals surface area contributed by atoms with Gasteiger partial charge in [0.2, 0.25) is 0 Å². The van der Waals surface area contributed by atoms with Crippen molar-refractivity contribution in [1.29, 1.82) is 0 Å². The van der Waals surface area contributed by atoms with Gasteiger partial charge in [0, 0.05) is 23.8 Å². The van der Waals surface area contributed by atoms with Crippen molar-refractivity contribution in [2.45, 2.75) is 0 Å². The SMILES string of the molecule is [c]1cncc2ncncc12. The Hall–Kier alpha value is -1.51. The van der Waals surface area contributed by atoms with E-state index in [9.17, 15) is 0 Å². The molecule has 0 fully saturated rings. The number of pyridine rings is 1. The fourth-order valence-electron chi connectivity index (χ4n) is 0.768. The summed E-state index contributed by atoms with van der Waals surface area (Å²) >= 11 is 0. The zero-order chi connectivity index (χ0) is 6.81. The fourth-order valence-corrected chi connectivity index (χ4v) is 0.768. The van der Waals surface area contributed by atoms with E-state index in [1.165, 1.54) is 6.33 Å². The average molecular weight is 130 g/mol. The van der Waals surface area contributed by atoms with Crippen LogP contribution in [-0.2, 0) is 0 Å². The van der Waals surface area contributed by atoms with Gasteiger partial charge in [-0.25, -0.2) is 9.97 Å². The third kappa shape index (κ3) is 0.719. The Kier molecular flexibility index (Phi) is 1.07. The highest BCUT2D eigenvalue weighted by atomic mass is 14.8. The second kappa shape index (κ2) is 2.02. The second-order valence-electron chi connectivity index (χ2n) is 1.87. The van der Waals surface area contributed by atoms with Crippen LogP contribution in [0.3, 0.4) is 0 Å². The molecule has 2 rings (SSSR count). The van der Waals surface area contributed by atoms with Crippen LogP contribution < -0.4 is 0 Å². The third-order valence-electron chi connectivity index (χ3n) is 1.23. The van der Waals surface area contributed by atoms with E-state index in [2.05, 4.69) is 21.0 Å². The van der Waals surface area contributed by atoms with Crippen molar-refractivity contribution in [1.82, 2.24) is 15.0 Å². The molecule has 2 aromatic rings. The van der Waals surface area contributed by atoms with Gasteiger partial charge in [0.1, 0.15) is 6.33 Å². The Labute approximate surface area is 57.8 Å². The third-order valence-corrected chi connectivity index (χ3v) is 1.23. The maximum absolute atomic E-state index is 3.98. The molecule has 2 aromatic heterocycles. The van der Waals surface area contributed by atoms with Crippen molar-refractivity contribution in [3.8, 4) is 0 Å². The van der Waals surface area contributed by atoms with Crippen LogP contribution in [0.4, 0.5) is 0 Å². The summed E-state index contributed by atoms with van der Waals surface area (Å²) in [6, 6.07) is 2.91. The second-order valence-corrected chi connectivity index (χ2v) is 1.87. The monoisotopic (exact) mass is 130 g/mol. The minimum Gasteiger partial charge on any atom is -0.262 e. The number of rotatable bonds is 0. The molecule has 3 heteroatoms. The minimum atomic E-state index is 0.831. The van der Waals surface area contributed by atoms with Gasteiger partial charge in [-0.15, -0.1) is 0 Å². The van der Waals surface area contributed by atoms with Gasteiger partial charge in [-0.1, -0.05) is 0 Å². The molecule has 1 radical (unpaired) electrons. The number of hydrogen-bond donors (Lipinski definition) is 0. The summed E-state index contributed by atoms with van der Waals surface area (Å²) in [5.74, 6) is 0. The van der Waals surface area contributed by atoms with Crippen molar-refractivity contribution >= 4 is 10.9 Å². The van der Waals surface area contributed by atoms with Gasteiger partial charge in [0.15, 0.2) is 0 Å². The normalized spacial score (nSPS) is 10.0.